The van der Waals surface area contributed by atoms with Crippen LogP contribution in [0, 0.1) is 5.41 Å². The third kappa shape index (κ3) is 1.90. The van der Waals surface area contributed by atoms with E-state index in [4.69, 9.17) is 4.42 Å². The summed E-state index contributed by atoms with van der Waals surface area (Å²) in [5, 5.41) is 4.26. The maximum Gasteiger partial charge on any atom is 0.341 e. The van der Waals surface area contributed by atoms with Crippen LogP contribution in [0.5, 0.6) is 0 Å². The van der Waals surface area contributed by atoms with Gasteiger partial charge in [0.1, 0.15) is 5.58 Å². The molecular formula is C18H17NO3. The summed E-state index contributed by atoms with van der Waals surface area (Å²) in [7, 11) is 0. The summed E-state index contributed by atoms with van der Waals surface area (Å²) >= 11 is 0. The Bertz CT molecular complexity index is 902. The molecule has 1 aliphatic heterocycles. The van der Waals surface area contributed by atoms with Gasteiger partial charge in [0.2, 0.25) is 0 Å². The molecule has 0 fully saturated rings. The summed E-state index contributed by atoms with van der Waals surface area (Å²) < 4.78 is 5.39. The van der Waals surface area contributed by atoms with Gasteiger partial charge in [-0.15, -0.1) is 0 Å². The summed E-state index contributed by atoms with van der Waals surface area (Å²) in [6.07, 6.45) is 1.73. The lowest BCUT2D eigenvalue weighted by molar-refractivity contribution is -0.118. The lowest BCUT2D eigenvalue weighted by Crippen LogP contribution is -2.33. The first-order valence-electron chi connectivity index (χ1n) is 7.52. The zero-order valence-corrected chi connectivity index (χ0v) is 12.7. The van der Waals surface area contributed by atoms with Gasteiger partial charge >= 0.3 is 5.63 Å². The van der Waals surface area contributed by atoms with Crippen molar-refractivity contribution >= 4 is 22.4 Å². The van der Waals surface area contributed by atoms with Crippen molar-refractivity contribution in [3.05, 3.63) is 51.5 Å². The van der Waals surface area contributed by atoms with Crippen molar-refractivity contribution in [2.45, 2.75) is 33.1 Å². The lowest BCUT2D eigenvalue weighted by Gasteiger charge is -2.35. The second-order valence-corrected chi connectivity index (χ2v) is 6.94. The Morgan fingerprint density at radius 3 is 2.73 bits per heavy atom. The van der Waals surface area contributed by atoms with Gasteiger partial charge in [-0.2, -0.15) is 0 Å². The molecule has 0 radical (unpaired) electrons. The van der Waals surface area contributed by atoms with E-state index >= 15 is 0 Å². The van der Waals surface area contributed by atoms with Crippen LogP contribution in [0.25, 0.3) is 11.0 Å². The number of anilines is 1. The van der Waals surface area contributed by atoms with Crippen LogP contribution >= 0.6 is 0 Å². The highest BCUT2D eigenvalue weighted by Gasteiger charge is 2.36. The van der Waals surface area contributed by atoms with E-state index in [1.807, 2.05) is 18.2 Å². The first-order chi connectivity index (χ1) is 10.4. The fourth-order valence-corrected chi connectivity index (χ4v) is 3.50. The van der Waals surface area contributed by atoms with Crippen molar-refractivity contribution in [3.63, 3.8) is 0 Å². The summed E-state index contributed by atoms with van der Waals surface area (Å²) in [6.45, 7) is 4.20. The normalized spacial score (nSPS) is 19.6. The predicted octanol–water partition coefficient (Wildman–Crippen LogP) is 3.40. The molecular weight excluding hydrogens is 278 g/mol. The summed E-state index contributed by atoms with van der Waals surface area (Å²) in [5.74, 6) is 0.136. The number of allylic oxidation sites excluding steroid dienone is 2. The van der Waals surface area contributed by atoms with E-state index in [0.717, 1.165) is 28.8 Å². The van der Waals surface area contributed by atoms with Gasteiger partial charge in [0, 0.05) is 29.5 Å². The van der Waals surface area contributed by atoms with Crippen molar-refractivity contribution in [2.75, 3.05) is 5.32 Å². The largest absolute Gasteiger partial charge is 0.422 e. The Morgan fingerprint density at radius 2 is 1.91 bits per heavy atom. The van der Waals surface area contributed by atoms with Gasteiger partial charge in [0.25, 0.3) is 0 Å². The van der Waals surface area contributed by atoms with Gasteiger partial charge < -0.3 is 9.73 Å². The van der Waals surface area contributed by atoms with Gasteiger partial charge in [-0.05, 0) is 24.0 Å². The van der Waals surface area contributed by atoms with E-state index in [-0.39, 0.29) is 16.8 Å². The third-order valence-corrected chi connectivity index (χ3v) is 4.53. The van der Waals surface area contributed by atoms with Crippen LogP contribution in [0.4, 0.5) is 5.69 Å². The number of carbonyl (C=O) groups is 1. The molecule has 1 aromatic heterocycles. The van der Waals surface area contributed by atoms with E-state index < -0.39 is 0 Å². The summed E-state index contributed by atoms with van der Waals surface area (Å²) in [4.78, 5) is 24.6. The van der Waals surface area contributed by atoms with Gasteiger partial charge in [-0.3, -0.25) is 4.79 Å². The number of fused-ring (bicyclic) bond motifs is 3. The Balaban J connectivity index is 1.92. The number of hydrogen-bond acceptors (Lipinski definition) is 4. The standard InChI is InChI=1S/C18H17NO3/c1-18(2)8-13-11(14(20)9-18)7-12-16(19-13)10-5-3-4-6-15(10)22-17(12)21/h3-6,19H,7-9H2,1-2H3. The van der Waals surface area contributed by atoms with Gasteiger partial charge in [-0.1, -0.05) is 26.0 Å². The molecule has 4 nitrogen and oxygen atoms in total. The van der Waals surface area contributed by atoms with E-state index in [1.165, 1.54) is 0 Å². The molecule has 0 atom stereocenters. The highest BCUT2D eigenvalue weighted by molar-refractivity contribution is 6.02. The number of benzene rings is 1. The maximum atomic E-state index is 12.4. The number of rotatable bonds is 0. The van der Waals surface area contributed by atoms with Crippen molar-refractivity contribution in [1.29, 1.82) is 0 Å². The highest BCUT2D eigenvalue weighted by atomic mass is 16.4. The molecule has 22 heavy (non-hydrogen) atoms. The molecule has 0 bridgehead atoms. The maximum absolute atomic E-state index is 12.4. The topological polar surface area (TPSA) is 59.3 Å². The average Bonchev–Trinajstić information content (AvgIpc) is 2.45. The third-order valence-electron chi connectivity index (χ3n) is 4.53. The Labute approximate surface area is 127 Å². The average molecular weight is 295 g/mol. The number of Topliss-reactive ketones (excluding diaryl/α,β-unsaturated/α-hetero) is 1. The van der Waals surface area contributed by atoms with Crippen molar-refractivity contribution in [3.8, 4) is 0 Å². The molecule has 0 spiro atoms. The first kappa shape index (κ1) is 13.3. The Morgan fingerprint density at radius 1 is 1.14 bits per heavy atom. The second kappa shape index (κ2) is 4.32. The fraction of sp³-hybridized carbons (Fsp3) is 0.333. The van der Waals surface area contributed by atoms with Gasteiger partial charge in [-0.25, -0.2) is 4.79 Å². The van der Waals surface area contributed by atoms with Gasteiger partial charge in [0.15, 0.2) is 5.78 Å². The molecule has 2 aliphatic rings. The molecule has 1 aliphatic carbocycles. The van der Waals surface area contributed by atoms with Crippen LogP contribution in [-0.2, 0) is 11.2 Å². The second-order valence-electron chi connectivity index (χ2n) is 6.94. The molecule has 0 unspecified atom stereocenters. The molecule has 112 valence electrons. The SMILES string of the molecule is CC1(C)CC(=O)C2=C(C1)Nc1c(c(=O)oc3ccccc13)C2. The number of hydrogen-bond donors (Lipinski definition) is 1. The Kier molecular flexibility index (Phi) is 2.61. The van der Waals surface area contributed by atoms with Crippen molar-refractivity contribution in [1.82, 2.24) is 0 Å². The van der Waals surface area contributed by atoms with Crippen LogP contribution in [0.3, 0.4) is 0 Å². The number of carbonyl (C=O) groups excluding carboxylic acids is 1. The van der Waals surface area contributed by atoms with Crippen LogP contribution in [0.2, 0.25) is 0 Å². The summed E-state index contributed by atoms with van der Waals surface area (Å²) in [5.41, 5.74) is 3.24. The van der Waals surface area contributed by atoms with E-state index in [2.05, 4.69) is 19.2 Å². The fourth-order valence-electron chi connectivity index (χ4n) is 3.50. The quantitative estimate of drug-likeness (QED) is 0.757. The molecule has 2 heterocycles. The molecule has 4 rings (SSSR count). The molecule has 0 amide bonds. The zero-order valence-electron chi connectivity index (χ0n) is 12.7. The van der Waals surface area contributed by atoms with Gasteiger partial charge in [0.05, 0.1) is 11.3 Å². The van der Waals surface area contributed by atoms with E-state index in [0.29, 0.717) is 24.0 Å². The molecule has 1 aromatic carbocycles. The molecule has 1 N–H and O–H groups in total. The van der Waals surface area contributed by atoms with E-state index in [1.54, 1.807) is 6.07 Å². The van der Waals surface area contributed by atoms with Crippen LogP contribution in [0.1, 0.15) is 32.3 Å². The number of ketones is 1. The zero-order chi connectivity index (χ0) is 15.5. The lowest BCUT2D eigenvalue weighted by atomic mass is 9.73. The minimum atomic E-state index is -0.356. The van der Waals surface area contributed by atoms with Crippen LogP contribution < -0.4 is 10.9 Å². The molecule has 4 heteroatoms. The van der Waals surface area contributed by atoms with Crippen LogP contribution in [0.15, 0.2) is 44.7 Å². The number of nitrogens with one attached hydrogen (secondary N) is 1. The first-order valence-corrected chi connectivity index (χ1v) is 7.52. The minimum absolute atomic E-state index is 0.0460. The van der Waals surface area contributed by atoms with Crippen LogP contribution in [-0.4, -0.2) is 5.78 Å². The number of para-hydroxylation sites is 1. The molecule has 2 aromatic rings. The monoisotopic (exact) mass is 295 g/mol. The molecule has 0 saturated carbocycles. The highest BCUT2D eigenvalue weighted by Crippen LogP contribution is 2.42. The minimum Gasteiger partial charge on any atom is -0.422 e. The van der Waals surface area contributed by atoms with E-state index in [9.17, 15) is 9.59 Å². The van der Waals surface area contributed by atoms with Crippen molar-refractivity contribution in [2.24, 2.45) is 5.41 Å². The Hall–Kier alpha value is -2.36. The molecule has 0 saturated heterocycles. The van der Waals surface area contributed by atoms with Crippen molar-refractivity contribution < 1.29 is 9.21 Å². The summed E-state index contributed by atoms with van der Waals surface area (Å²) in [6, 6.07) is 7.49. The smallest absolute Gasteiger partial charge is 0.341 e. The predicted molar refractivity (Wildman–Crippen MR) is 84.9 cm³/mol.